The number of nitrogen functional groups attached to an aromatic ring is 2. The number of fused-ring (bicyclic) bond motifs is 1. The normalized spacial score (nSPS) is 11.8. The third kappa shape index (κ3) is 9.73. The Morgan fingerprint density at radius 3 is 2.11 bits per heavy atom. The van der Waals surface area contributed by atoms with Crippen molar-refractivity contribution in [2.75, 3.05) is 25.2 Å². The molecule has 4 rings (SSSR count). The standard InChI is InChI=1S/C15H17N7O.C4H8.C3H6F2.C3H8O/c1-7(2)18-10-4-5-11(19-8(10)3)9-6-12(23)22-13(9)14(16)20-15(17)21-22;1-2-4-3-1;1-2-3(4)5;1-3-4-2/h4-6,23H,1-3H3,(H4,16,17,20,21);1-4H2;3H,2H2,1H3;3H2,1-2H3. The van der Waals surface area contributed by atoms with Gasteiger partial charge in [-0.1, -0.05) is 32.6 Å². The van der Waals surface area contributed by atoms with E-state index < -0.39 is 6.43 Å². The molecule has 0 saturated heterocycles. The summed E-state index contributed by atoms with van der Waals surface area (Å²) in [5.74, 6) is 0.0835. The van der Waals surface area contributed by atoms with Crippen LogP contribution in [0.1, 0.15) is 65.5 Å². The first-order valence-corrected chi connectivity index (χ1v) is 12.0. The minimum atomic E-state index is -2.12. The Labute approximate surface area is 211 Å². The van der Waals surface area contributed by atoms with Crippen LogP contribution in [-0.2, 0) is 4.74 Å². The van der Waals surface area contributed by atoms with Crippen LogP contribution in [0.25, 0.3) is 16.8 Å². The molecule has 0 atom stereocenters. The van der Waals surface area contributed by atoms with Crippen LogP contribution in [0.3, 0.4) is 0 Å². The number of aliphatic imine (C=N–C) groups is 1. The van der Waals surface area contributed by atoms with E-state index in [2.05, 4.69) is 24.8 Å². The zero-order valence-electron chi connectivity index (χ0n) is 22.1. The van der Waals surface area contributed by atoms with E-state index in [0.717, 1.165) is 23.7 Å². The van der Waals surface area contributed by atoms with Crippen molar-refractivity contribution in [1.82, 2.24) is 19.6 Å². The van der Waals surface area contributed by atoms with Gasteiger partial charge in [-0.05, 0) is 39.8 Å². The second-order valence-corrected chi connectivity index (χ2v) is 8.18. The Bertz CT molecular complexity index is 1100. The lowest BCUT2D eigenvalue weighted by Crippen LogP contribution is -2.05. The van der Waals surface area contributed by atoms with Gasteiger partial charge in [0.2, 0.25) is 18.3 Å². The number of anilines is 2. The average Bonchev–Trinajstić information content (AvgIpc) is 3.11. The molecule has 3 heterocycles. The zero-order chi connectivity index (χ0) is 27.3. The van der Waals surface area contributed by atoms with Crippen molar-refractivity contribution in [2.24, 2.45) is 4.99 Å². The highest BCUT2D eigenvalue weighted by molar-refractivity contribution is 5.88. The molecule has 0 bridgehead atoms. The second kappa shape index (κ2) is 15.6. The third-order valence-electron chi connectivity index (χ3n) is 4.91. The summed E-state index contributed by atoms with van der Waals surface area (Å²) in [5.41, 5.74) is 15.8. The quantitative estimate of drug-likeness (QED) is 0.371. The summed E-state index contributed by atoms with van der Waals surface area (Å²) in [4.78, 5) is 12.9. The Hall–Kier alpha value is -3.34. The highest BCUT2D eigenvalue weighted by Crippen LogP contribution is 2.33. The van der Waals surface area contributed by atoms with Crippen LogP contribution < -0.4 is 11.5 Å². The molecule has 9 nitrogen and oxygen atoms in total. The van der Waals surface area contributed by atoms with Gasteiger partial charge in [-0.15, -0.1) is 5.10 Å². The molecule has 36 heavy (non-hydrogen) atoms. The van der Waals surface area contributed by atoms with E-state index in [4.69, 9.17) is 11.5 Å². The van der Waals surface area contributed by atoms with E-state index in [1.54, 1.807) is 7.11 Å². The molecule has 5 N–H and O–H groups in total. The first-order chi connectivity index (χ1) is 17.0. The fourth-order valence-corrected chi connectivity index (χ4v) is 2.64. The number of alkyl halides is 2. The van der Waals surface area contributed by atoms with Gasteiger partial charge in [-0.3, -0.25) is 9.98 Å². The Kier molecular flexibility index (Phi) is 13.3. The lowest BCUT2D eigenvalue weighted by molar-refractivity contribution is 0.144. The molecule has 0 unspecified atom stereocenters. The van der Waals surface area contributed by atoms with E-state index >= 15 is 0 Å². The number of methoxy groups -OCH3 is 1. The van der Waals surface area contributed by atoms with Crippen LogP contribution in [0.4, 0.5) is 26.2 Å². The number of rotatable bonds is 4. The number of nitrogens with two attached hydrogens (primary N) is 2. The smallest absolute Gasteiger partial charge is 0.240 e. The minimum absolute atomic E-state index is 0.0142. The highest BCUT2D eigenvalue weighted by atomic mass is 19.3. The number of hydrogen-bond donors (Lipinski definition) is 3. The van der Waals surface area contributed by atoms with Gasteiger partial charge < -0.3 is 21.3 Å². The molecule has 11 heteroatoms. The van der Waals surface area contributed by atoms with Gasteiger partial charge in [0.1, 0.15) is 5.52 Å². The van der Waals surface area contributed by atoms with E-state index in [0.29, 0.717) is 16.8 Å². The molecule has 3 aromatic rings. The number of nitrogens with zero attached hydrogens (tertiary/aromatic N) is 5. The molecule has 1 aliphatic carbocycles. The number of aryl methyl sites for hydroxylation is 1. The third-order valence-corrected chi connectivity index (χ3v) is 4.91. The summed E-state index contributed by atoms with van der Waals surface area (Å²) in [7, 11) is 1.68. The van der Waals surface area contributed by atoms with Crippen LogP contribution in [0.15, 0.2) is 23.2 Å². The van der Waals surface area contributed by atoms with Crippen molar-refractivity contribution in [3.63, 3.8) is 0 Å². The maximum atomic E-state index is 10.8. The SMILES string of the molecule is C1CCC1.CC(C)=Nc1ccc(-c2cc(O)n3nc(N)nc(N)c23)nc1C.CCC(F)F.CCOC. The molecule has 1 saturated carbocycles. The van der Waals surface area contributed by atoms with Gasteiger partial charge in [-0.2, -0.15) is 9.50 Å². The highest BCUT2D eigenvalue weighted by Gasteiger charge is 2.17. The van der Waals surface area contributed by atoms with E-state index in [1.165, 1.54) is 43.2 Å². The largest absolute Gasteiger partial charge is 0.493 e. The minimum Gasteiger partial charge on any atom is -0.493 e. The van der Waals surface area contributed by atoms with Crippen LogP contribution in [-0.4, -0.2) is 50.5 Å². The molecule has 1 fully saturated rings. The first-order valence-electron chi connectivity index (χ1n) is 12.0. The van der Waals surface area contributed by atoms with E-state index in [9.17, 15) is 13.9 Å². The lowest BCUT2D eigenvalue weighted by atomic mass is 10.0. The summed E-state index contributed by atoms with van der Waals surface area (Å²) in [6.07, 6.45) is 3.86. The van der Waals surface area contributed by atoms with Crippen LogP contribution >= 0.6 is 0 Å². The summed E-state index contributed by atoms with van der Waals surface area (Å²) < 4.78 is 27.3. The van der Waals surface area contributed by atoms with Crippen molar-refractivity contribution in [3.05, 3.63) is 23.9 Å². The molecule has 0 spiro atoms. The van der Waals surface area contributed by atoms with Gasteiger partial charge in [0.15, 0.2) is 5.82 Å². The second-order valence-electron chi connectivity index (χ2n) is 8.18. The molecule has 0 amide bonds. The zero-order valence-corrected chi connectivity index (χ0v) is 22.1. The number of pyridine rings is 1. The molecule has 1 aliphatic rings. The predicted molar refractivity (Wildman–Crippen MR) is 142 cm³/mol. The number of aromatic nitrogens is 4. The monoisotopic (exact) mass is 507 g/mol. The number of halogens is 2. The summed E-state index contributed by atoms with van der Waals surface area (Å²) in [5, 5.41) is 14.0. The number of hydrogen-bond acceptors (Lipinski definition) is 8. The number of ether oxygens (including phenoxy) is 1. The molecule has 0 radical (unpaired) electrons. The van der Waals surface area contributed by atoms with Crippen molar-refractivity contribution >= 4 is 28.7 Å². The summed E-state index contributed by atoms with van der Waals surface area (Å²) >= 11 is 0. The van der Waals surface area contributed by atoms with Crippen molar-refractivity contribution in [1.29, 1.82) is 0 Å². The molecular weight excluding hydrogens is 468 g/mol. The summed E-state index contributed by atoms with van der Waals surface area (Å²) in [6.45, 7) is 9.95. The Morgan fingerprint density at radius 2 is 1.69 bits per heavy atom. The summed E-state index contributed by atoms with van der Waals surface area (Å²) in [6, 6.07) is 5.23. The van der Waals surface area contributed by atoms with E-state index in [-0.39, 0.29) is 24.1 Å². The fraction of sp³-hybridized carbons (Fsp3) is 0.520. The predicted octanol–water partition coefficient (Wildman–Crippen LogP) is 5.96. The topological polar surface area (TPSA) is 137 Å². The fourth-order valence-electron chi connectivity index (χ4n) is 2.64. The van der Waals surface area contributed by atoms with Gasteiger partial charge in [0, 0.05) is 37.5 Å². The Morgan fingerprint density at radius 1 is 1.14 bits per heavy atom. The molecule has 0 aliphatic heterocycles. The van der Waals surface area contributed by atoms with Gasteiger partial charge >= 0.3 is 0 Å². The Balaban J connectivity index is 0.000000409. The van der Waals surface area contributed by atoms with Crippen LogP contribution in [0.5, 0.6) is 5.88 Å². The average molecular weight is 508 g/mol. The van der Waals surface area contributed by atoms with E-state index in [1.807, 2.05) is 39.8 Å². The van der Waals surface area contributed by atoms with Crippen molar-refractivity contribution in [3.8, 4) is 17.1 Å². The number of aromatic hydroxyl groups is 1. The molecule has 0 aromatic carbocycles. The lowest BCUT2D eigenvalue weighted by Gasteiger charge is -2.06. The molecular formula is C25H39F2N7O2. The van der Waals surface area contributed by atoms with Crippen molar-refractivity contribution in [2.45, 2.75) is 73.1 Å². The first kappa shape index (κ1) is 30.7. The van der Waals surface area contributed by atoms with Gasteiger partial charge in [0.05, 0.1) is 17.1 Å². The van der Waals surface area contributed by atoms with Gasteiger partial charge in [-0.25, -0.2) is 8.78 Å². The molecule has 3 aromatic heterocycles. The van der Waals surface area contributed by atoms with Gasteiger partial charge in [0.25, 0.3) is 0 Å². The maximum Gasteiger partial charge on any atom is 0.240 e. The van der Waals surface area contributed by atoms with Crippen LogP contribution in [0, 0.1) is 6.92 Å². The molecule has 200 valence electrons. The maximum absolute atomic E-state index is 10.8. The van der Waals surface area contributed by atoms with Crippen molar-refractivity contribution < 1.29 is 18.6 Å². The van der Waals surface area contributed by atoms with Crippen LogP contribution in [0.2, 0.25) is 0 Å².